The number of hydrogen-bond donors (Lipinski definition) is 2. The summed E-state index contributed by atoms with van der Waals surface area (Å²) in [5, 5.41) is 10.5. The molecular formula is C9H9F2NO3. The van der Waals surface area contributed by atoms with Crippen molar-refractivity contribution in [2.75, 3.05) is 18.5 Å². The van der Waals surface area contributed by atoms with Crippen LogP contribution in [-0.4, -0.2) is 24.4 Å². The number of halogens is 2. The number of amides is 1. The van der Waals surface area contributed by atoms with E-state index in [1.807, 2.05) is 0 Å². The quantitative estimate of drug-likeness (QED) is 0.806. The SMILES string of the molecule is O=C(Nc1ccc(F)c(F)c1)OCCO. The van der Waals surface area contributed by atoms with Gasteiger partial charge in [-0.3, -0.25) is 5.32 Å². The van der Waals surface area contributed by atoms with Crippen LogP contribution in [0.3, 0.4) is 0 Å². The lowest BCUT2D eigenvalue weighted by atomic mass is 10.3. The van der Waals surface area contributed by atoms with Crippen LogP contribution in [0.5, 0.6) is 0 Å². The van der Waals surface area contributed by atoms with E-state index in [0.717, 1.165) is 12.1 Å². The Morgan fingerprint density at radius 3 is 2.73 bits per heavy atom. The van der Waals surface area contributed by atoms with Gasteiger partial charge in [-0.2, -0.15) is 0 Å². The number of anilines is 1. The molecule has 0 bridgehead atoms. The number of ether oxygens (including phenoxy) is 1. The van der Waals surface area contributed by atoms with E-state index < -0.39 is 17.7 Å². The molecule has 1 amide bonds. The lowest BCUT2D eigenvalue weighted by Gasteiger charge is -2.05. The second-order valence-corrected chi connectivity index (χ2v) is 2.61. The first-order valence-electron chi connectivity index (χ1n) is 4.13. The normalized spacial score (nSPS) is 9.80. The van der Waals surface area contributed by atoms with Gasteiger partial charge >= 0.3 is 6.09 Å². The molecule has 0 unspecified atom stereocenters. The molecule has 6 heteroatoms. The van der Waals surface area contributed by atoms with Crippen LogP contribution in [0.4, 0.5) is 19.3 Å². The van der Waals surface area contributed by atoms with Crippen LogP contribution >= 0.6 is 0 Å². The van der Waals surface area contributed by atoms with E-state index >= 15 is 0 Å². The van der Waals surface area contributed by atoms with Crippen LogP contribution in [0.2, 0.25) is 0 Å². The molecule has 0 saturated carbocycles. The minimum Gasteiger partial charge on any atom is -0.447 e. The Morgan fingerprint density at radius 2 is 2.13 bits per heavy atom. The van der Waals surface area contributed by atoms with E-state index in [-0.39, 0.29) is 18.9 Å². The molecule has 0 saturated heterocycles. The summed E-state index contributed by atoms with van der Waals surface area (Å²) in [6.07, 6.45) is -0.838. The standard InChI is InChI=1S/C9H9F2NO3/c10-7-2-1-6(5-8(7)11)12-9(14)15-4-3-13/h1-2,5,13H,3-4H2,(H,12,14). The summed E-state index contributed by atoms with van der Waals surface area (Å²) >= 11 is 0. The summed E-state index contributed by atoms with van der Waals surface area (Å²) in [6, 6.07) is 2.91. The summed E-state index contributed by atoms with van der Waals surface area (Å²) in [5.41, 5.74) is 0.0804. The molecular weight excluding hydrogens is 208 g/mol. The molecule has 15 heavy (non-hydrogen) atoms. The summed E-state index contributed by atoms with van der Waals surface area (Å²) in [6.45, 7) is -0.458. The van der Waals surface area contributed by atoms with Crippen LogP contribution in [0.25, 0.3) is 0 Å². The fourth-order valence-corrected chi connectivity index (χ4v) is 0.866. The van der Waals surface area contributed by atoms with Gasteiger partial charge in [0.1, 0.15) is 6.61 Å². The van der Waals surface area contributed by atoms with E-state index in [2.05, 4.69) is 10.1 Å². The van der Waals surface area contributed by atoms with Crippen molar-refractivity contribution >= 4 is 11.8 Å². The number of carbonyl (C=O) groups excluding carboxylic acids is 1. The van der Waals surface area contributed by atoms with E-state index in [9.17, 15) is 13.6 Å². The van der Waals surface area contributed by atoms with Crippen LogP contribution in [0.1, 0.15) is 0 Å². The van der Waals surface area contributed by atoms with Gasteiger partial charge in [0.2, 0.25) is 0 Å². The van der Waals surface area contributed by atoms with E-state index in [0.29, 0.717) is 0 Å². The summed E-state index contributed by atoms with van der Waals surface area (Å²) < 4.78 is 29.6. The fourth-order valence-electron chi connectivity index (χ4n) is 0.866. The molecule has 4 nitrogen and oxygen atoms in total. The zero-order valence-electron chi connectivity index (χ0n) is 7.67. The third kappa shape index (κ3) is 3.51. The maximum absolute atomic E-state index is 12.7. The van der Waals surface area contributed by atoms with Crippen LogP contribution in [0.15, 0.2) is 18.2 Å². The first-order valence-corrected chi connectivity index (χ1v) is 4.13. The van der Waals surface area contributed by atoms with Gasteiger partial charge in [0.05, 0.1) is 6.61 Å². The Labute approximate surface area is 84.5 Å². The van der Waals surface area contributed by atoms with Crippen molar-refractivity contribution in [3.8, 4) is 0 Å². The maximum atomic E-state index is 12.7. The number of aliphatic hydroxyl groups excluding tert-OH is 1. The van der Waals surface area contributed by atoms with Crippen molar-refractivity contribution in [2.24, 2.45) is 0 Å². The van der Waals surface area contributed by atoms with Gasteiger partial charge in [0.25, 0.3) is 0 Å². The van der Waals surface area contributed by atoms with Crippen LogP contribution in [0, 0.1) is 11.6 Å². The van der Waals surface area contributed by atoms with E-state index in [1.54, 1.807) is 0 Å². The number of nitrogens with one attached hydrogen (secondary N) is 1. The first-order chi connectivity index (χ1) is 7.13. The molecule has 0 fully saturated rings. The van der Waals surface area contributed by atoms with Gasteiger partial charge < -0.3 is 9.84 Å². The van der Waals surface area contributed by atoms with Gasteiger partial charge in [-0.25, -0.2) is 13.6 Å². The molecule has 1 aromatic carbocycles. The van der Waals surface area contributed by atoms with Gasteiger partial charge in [-0.05, 0) is 12.1 Å². The van der Waals surface area contributed by atoms with Gasteiger partial charge in [-0.1, -0.05) is 0 Å². The Balaban J connectivity index is 2.57. The second kappa shape index (κ2) is 5.26. The van der Waals surface area contributed by atoms with Crippen molar-refractivity contribution in [1.82, 2.24) is 0 Å². The highest BCUT2D eigenvalue weighted by molar-refractivity contribution is 5.84. The highest BCUT2D eigenvalue weighted by Gasteiger charge is 2.06. The molecule has 0 aromatic heterocycles. The highest BCUT2D eigenvalue weighted by Crippen LogP contribution is 2.13. The summed E-state index contributed by atoms with van der Waals surface area (Å²) in [4.78, 5) is 10.9. The second-order valence-electron chi connectivity index (χ2n) is 2.61. The number of carbonyl (C=O) groups is 1. The smallest absolute Gasteiger partial charge is 0.411 e. The number of aliphatic hydroxyl groups is 1. The van der Waals surface area contributed by atoms with Gasteiger partial charge in [0, 0.05) is 11.8 Å². The van der Waals surface area contributed by atoms with E-state index in [4.69, 9.17) is 5.11 Å². The minimum absolute atomic E-state index is 0.0804. The highest BCUT2D eigenvalue weighted by atomic mass is 19.2. The number of hydrogen-bond acceptors (Lipinski definition) is 3. The number of benzene rings is 1. The summed E-state index contributed by atoms with van der Waals surface area (Å²) in [7, 11) is 0. The van der Waals surface area contributed by atoms with Crippen LogP contribution in [-0.2, 0) is 4.74 Å². The largest absolute Gasteiger partial charge is 0.447 e. The van der Waals surface area contributed by atoms with Gasteiger partial charge in [-0.15, -0.1) is 0 Å². The van der Waals surface area contributed by atoms with Crippen molar-refractivity contribution in [2.45, 2.75) is 0 Å². The lowest BCUT2D eigenvalue weighted by molar-refractivity contribution is 0.131. The molecule has 0 radical (unpaired) electrons. The molecule has 1 rings (SSSR count). The third-order valence-electron chi connectivity index (χ3n) is 1.49. The first kappa shape index (κ1) is 11.4. The van der Waals surface area contributed by atoms with Crippen LogP contribution < -0.4 is 5.32 Å². The molecule has 0 aliphatic carbocycles. The molecule has 82 valence electrons. The Morgan fingerprint density at radius 1 is 1.40 bits per heavy atom. The Bertz CT molecular complexity index is 357. The van der Waals surface area contributed by atoms with Crippen molar-refractivity contribution < 1.29 is 23.4 Å². The Hall–Kier alpha value is -1.69. The van der Waals surface area contributed by atoms with Crippen molar-refractivity contribution in [1.29, 1.82) is 0 Å². The van der Waals surface area contributed by atoms with Gasteiger partial charge in [0.15, 0.2) is 11.6 Å². The minimum atomic E-state index is -1.06. The topological polar surface area (TPSA) is 58.6 Å². The van der Waals surface area contributed by atoms with Crippen molar-refractivity contribution in [3.63, 3.8) is 0 Å². The van der Waals surface area contributed by atoms with E-state index in [1.165, 1.54) is 6.07 Å². The number of rotatable bonds is 3. The molecule has 1 aromatic rings. The predicted molar refractivity (Wildman–Crippen MR) is 48.4 cm³/mol. The van der Waals surface area contributed by atoms with Crippen molar-refractivity contribution in [3.05, 3.63) is 29.8 Å². The molecule has 0 aliphatic rings. The zero-order chi connectivity index (χ0) is 11.3. The predicted octanol–water partition coefficient (Wildman–Crippen LogP) is 1.51. The fraction of sp³-hybridized carbons (Fsp3) is 0.222. The lowest BCUT2D eigenvalue weighted by Crippen LogP contribution is -2.15. The Kier molecular flexibility index (Phi) is 3.99. The molecule has 0 aliphatic heterocycles. The molecule has 2 N–H and O–H groups in total. The molecule has 0 heterocycles. The average Bonchev–Trinajstić information content (AvgIpc) is 2.20. The summed E-state index contributed by atoms with van der Waals surface area (Å²) in [5.74, 6) is -2.06. The molecule has 0 spiro atoms. The average molecular weight is 217 g/mol. The maximum Gasteiger partial charge on any atom is 0.411 e. The molecule has 0 atom stereocenters. The third-order valence-corrected chi connectivity index (χ3v) is 1.49. The zero-order valence-corrected chi connectivity index (χ0v) is 7.67. The monoisotopic (exact) mass is 217 g/mol.